The zero-order valence-corrected chi connectivity index (χ0v) is 6.46. The van der Waals surface area contributed by atoms with Gasteiger partial charge in [-0.2, -0.15) is 0 Å². The molecule has 0 saturated heterocycles. The van der Waals surface area contributed by atoms with E-state index >= 15 is 0 Å². The lowest BCUT2D eigenvalue weighted by molar-refractivity contribution is 1.19. The van der Waals surface area contributed by atoms with Gasteiger partial charge in [0.25, 0.3) is 0 Å². The highest BCUT2D eigenvalue weighted by Gasteiger charge is 2.02. The number of hydrogen-bond acceptors (Lipinski definition) is 3. The van der Waals surface area contributed by atoms with Gasteiger partial charge in [0.2, 0.25) is 4.60 Å². The largest absolute Gasteiger partial charge is 0.391 e. The van der Waals surface area contributed by atoms with Crippen LogP contribution in [-0.4, -0.2) is 9.97 Å². The average molecular weight is 199 g/mol. The van der Waals surface area contributed by atoms with Gasteiger partial charge in [-0.1, -0.05) is 6.57 Å². The Kier molecular flexibility index (Phi) is 1.83. The number of halogens is 1. The molecular weight excluding hydrogens is 196 g/mol. The van der Waals surface area contributed by atoms with Crippen molar-refractivity contribution in [1.82, 2.24) is 9.97 Å². The third-order valence-electron chi connectivity index (χ3n) is 0.858. The molecule has 50 valence electrons. The van der Waals surface area contributed by atoms with Crippen LogP contribution in [0.5, 0.6) is 0 Å². The first-order valence-electron chi connectivity index (χ1n) is 2.39. The fraction of sp³-hybridized carbons (Fsp3) is 0. The molecule has 0 aliphatic rings. The summed E-state index contributed by atoms with van der Waals surface area (Å²) >= 11 is 3.06. The molecule has 1 aromatic heterocycles. The van der Waals surface area contributed by atoms with Crippen LogP contribution in [0.25, 0.3) is 4.85 Å². The van der Waals surface area contributed by atoms with Crippen molar-refractivity contribution >= 4 is 27.6 Å². The molecule has 1 rings (SSSR count). The molecule has 4 nitrogen and oxygen atoms in total. The fourth-order valence-electron chi connectivity index (χ4n) is 0.450. The highest BCUT2D eigenvalue weighted by atomic mass is 79.9. The van der Waals surface area contributed by atoms with E-state index in [0.29, 0.717) is 4.60 Å². The minimum atomic E-state index is 0.134. The second-order valence-electron chi connectivity index (χ2n) is 1.51. The van der Waals surface area contributed by atoms with Crippen LogP contribution in [0.2, 0.25) is 0 Å². The van der Waals surface area contributed by atoms with Gasteiger partial charge < -0.3 is 10.6 Å². The van der Waals surface area contributed by atoms with Crippen LogP contribution in [0.3, 0.4) is 0 Å². The van der Waals surface area contributed by atoms with Crippen molar-refractivity contribution in [1.29, 1.82) is 0 Å². The third-order valence-corrected chi connectivity index (χ3v) is 1.24. The Morgan fingerprint density at radius 1 is 1.70 bits per heavy atom. The average Bonchev–Trinajstić information content (AvgIpc) is 1.94. The molecule has 0 amide bonds. The lowest BCUT2D eigenvalue weighted by atomic mass is 10.6. The number of rotatable bonds is 0. The summed E-state index contributed by atoms with van der Waals surface area (Å²) in [5.41, 5.74) is 5.29. The highest BCUT2D eigenvalue weighted by Crippen LogP contribution is 2.17. The molecular formula is C5H3BrN4. The van der Waals surface area contributed by atoms with E-state index in [9.17, 15) is 0 Å². The third kappa shape index (κ3) is 1.22. The Balaban J connectivity index is 3.25. The summed E-state index contributed by atoms with van der Waals surface area (Å²) in [4.78, 5) is 10.5. The zero-order valence-electron chi connectivity index (χ0n) is 4.87. The molecule has 0 saturated carbocycles. The molecule has 2 N–H and O–H groups in total. The van der Waals surface area contributed by atoms with Gasteiger partial charge in [0.1, 0.15) is 5.82 Å². The maximum absolute atomic E-state index is 6.60. The van der Waals surface area contributed by atoms with Crippen LogP contribution in [0.15, 0.2) is 10.8 Å². The number of nitrogens with zero attached hydrogens (tertiary/aromatic N) is 3. The molecule has 0 fully saturated rings. The van der Waals surface area contributed by atoms with E-state index in [2.05, 4.69) is 30.7 Å². The minimum Gasteiger partial charge on any atom is -0.391 e. The summed E-state index contributed by atoms with van der Waals surface area (Å²) in [6.07, 6.45) is 1.45. The summed E-state index contributed by atoms with van der Waals surface area (Å²) in [6.45, 7) is 6.60. The van der Waals surface area contributed by atoms with Crippen molar-refractivity contribution in [2.45, 2.75) is 0 Å². The molecule has 1 heterocycles. The Morgan fingerprint density at radius 2 is 2.40 bits per heavy atom. The number of nitrogens with two attached hydrogens (primary N) is 1. The van der Waals surface area contributed by atoms with Crippen molar-refractivity contribution in [2.24, 2.45) is 0 Å². The van der Waals surface area contributed by atoms with Gasteiger partial charge in [0.15, 0.2) is 0 Å². The Morgan fingerprint density at radius 3 is 2.90 bits per heavy atom. The Labute approximate surface area is 66.0 Å². The van der Waals surface area contributed by atoms with Gasteiger partial charge >= 0.3 is 5.82 Å². The molecule has 5 heteroatoms. The van der Waals surface area contributed by atoms with E-state index in [1.807, 2.05) is 0 Å². The SMILES string of the molecule is [C-]#[N+]c1nc(Br)cnc1N. The van der Waals surface area contributed by atoms with Crippen LogP contribution in [-0.2, 0) is 0 Å². The van der Waals surface area contributed by atoms with Crippen LogP contribution in [0.1, 0.15) is 0 Å². The second kappa shape index (κ2) is 2.62. The summed E-state index contributed by atoms with van der Waals surface area (Å²) in [6, 6.07) is 0. The molecule has 0 aromatic carbocycles. The Hall–Kier alpha value is -1.15. The molecule has 10 heavy (non-hydrogen) atoms. The summed E-state index contributed by atoms with van der Waals surface area (Å²) in [7, 11) is 0. The standard InChI is InChI=1S/C5H3BrN4/c1-8-5-4(7)9-2-3(6)10-5/h2H,(H2,7,9). The zero-order chi connectivity index (χ0) is 7.56. The van der Waals surface area contributed by atoms with Crippen molar-refractivity contribution in [3.05, 3.63) is 22.2 Å². The number of anilines is 1. The van der Waals surface area contributed by atoms with E-state index in [4.69, 9.17) is 12.3 Å². The quantitative estimate of drug-likeness (QED) is 0.642. The molecule has 0 spiro atoms. The second-order valence-corrected chi connectivity index (χ2v) is 2.33. The summed E-state index contributed by atoms with van der Waals surface area (Å²) < 4.78 is 0.521. The molecule has 1 aromatic rings. The minimum absolute atomic E-state index is 0.134. The lowest BCUT2D eigenvalue weighted by Crippen LogP contribution is -1.91. The first kappa shape index (κ1) is 6.96. The number of hydrogen-bond donors (Lipinski definition) is 1. The number of aromatic nitrogens is 2. The molecule has 0 bridgehead atoms. The van der Waals surface area contributed by atoms with Gasteiger partial charge in [-0.05, 0) is 0 Å². The van der Waals surface area contributed by atoms with E-state index in [1.54, 1.807) is 0 Å². The van der Waals surface area contributed by atoms with E-state index in [1.165, 1.54) is 6.20 Å². The fourth-order valence-corrected chi connectivity index (χ4v) is 0.720. The molecule has 0 radical (unpaired) electrons. The summed E-state index contributed by atoms with van der Waals surface area (Å²) in [5.74, 6) is 0.299. The predicted octanol–water partition coefficient (Wildman–Crippen LogP) is 1.37. The van der Waals surface area contributed by atoms with E-state index < -0.39 is 0 Å². The van der Waals surface area contributed by atoms with Crippen molar-refractivity contribution < 1.29 is 0 Å². The first-order chi connectivity index (χ1) is 4.74. The van der Waals surface area contributed by atoms with Gasteiger partial charge in [0, 0.05) is 15.9 Å². The van der Waals surface area contributed by atoms with Crippen LogP contribution < -0.4 is 5.73 Å². The number of nitrogen functional groups attached to an aromatic ring is 1. The molecule has 0 aliphatic carbocycles. The van der Waals surface area contributed by atoms with Gasteiger partial charge in [-0.15, -0.1) is 4.98 Å². The van der Waals surface area contributed by atoms with Crippen molar-refractivity contribution in [3.8, 4) is 0 Å². The molecule has 0 aliphatic heterocycles. The van der Waals surface area contributed by atoms with Crippen LogP contribution >= 0.6 is 15.9 Å². The first-order valence-corrected chi connectivity index (χ1v) is 3.19. The topological polar surface area (TPSA) is 56.2 Å². The molecule has 0 unspecified atom stereocenters. The maximum Gasteiger partial charge on any atom is 0.312 e. The van der Waals surface area contributed by atoms with Gasteiger partial charge in [-0.25, -0.2) is 4.98 Å². The lowest BCUT2D eigenvalue weighted by Gasteiger charge is -1.91. The smallest absolute Gasteiger partial charge is 0.312 e. The maximum atomic E-state index is 6.60. The van der Waals surface area contributed by atoms with Crippen molar-refractivity contribution in [2.75, 3.05) is 5.73 Å². The highest BCUT2D eigenvalue weighted by molar-refractivity contribution is 9.10. The van der Waals surface area contributed by atoms with E-state index in [-0.39, 0.29) is 11.6 Å². The normalized spacial score (nSPS) is 8.80. The van der Waals surface area contributed by atoms with Crippen molar-refractivity contribution in [3.63, 3.8) is 0 Å². The van der Waals surface area contributed by atoms with Crippen LogP contribution in [0.4, 0.5) is 11.6 Å². The summed E-state index contributed by atoms with van der Waals surface area (Å²) in [5, 5.41) is 0. The van der Waals surface area contributed by atoms with Gasteiger partial charge in [-0.3, -0.25) is 0 Å². The monoisotopic (exact) mass is 198 g/mol. The predicted molar refractivity (Wildman–Crippen MR) is 40.4 cm³/mol. The van der Waals surface area contributed by atoms with Crippen LogP contribution in [0, 0.1) is 6.57 Å². The molecule has 0 atom stereocenters. The van der Waals surface area contributed by atoms with Gasteiger partial charge in [0.05, 0.1) is 6.20 Å². The Bertz CT molecular complexity index is 290. The van der Waals surface area contributed by atoms with E-state index in [0.717, 1.165) is 0 Å².